The summed E-state index contributed by atoms with van der Waals surface area (Å²) < 4.78 is 16.3. The Labute approximate surface area is 185 Å². The summed E-state index contributed by atoms with van der Waals surface area (Å²) in [5.41, 5.74) is 1.09. The van der Waals surface area contributed by atoms with E-state index in [-0.39, 0.29) is 24.5 Å². The molecule has 1 aromatic carbocycles. The van der Waals surface area contributed by atoms with Gasteiger partial charge in [0, 0.05) is 35.8 Å². The summed E-state index contributed by atoms with van der Waals surface area (Å²) in [6.45, 7) is 0.110. The van der Waals surface area contributed by atoms with Gasteiger partial charge in [0.15, 0.2) is 17.3 Å². The maximum atomic E-state index is 13.6. The number of rotatable bonds is 6. The van der Waals surface area contributed by atoms with E-state index in [1.807, 2.05) is 0 Å². The molecular formula is C24H23N3O5. The van der Waals surface area contributed by atoms with Gasteiger partial charge in [-0.3, -0.25) is 19.5 Å². The van der Waals surface area contributed by atoms with Gasteiger partial charge in [-0.05, 0) is 43.2 Å². The highest BCUT2D eigenvalue weighted by Gasteiger charge is 2.36. The van der Waals surface area contributed by atoms with Crippen LogP contribution in [0.1, 0.15) is 47.8 Å². The van der Waals surface area contributed by atoms with Crippen molar-refractivity contribution in [3.05, 3.63) is 72.4 Å². The highest BCUT2D eigenvalue weighted by atomic mass is 16.7. The summed E-state index contributed by atoms with van der Waals surface area (Å²) in [5.74, 6) is 0.533. The van der Waals surface area contributed by atoms with Gasteiger partial charge >= 0.3 is 0 Å². The first kappa shape index (κ1) is 20.1. The van der Waals surface area contributed by atoms with E-state index in [0.717, 1.165) is 25.7 Å². The first-order chi connectivity index (χ1) is 15.7. The van der Waals surface area contributed by atoms with E-state index in [0.29, 0.717) is 22.7 Å². The Hall–Kier alpha value is -3.81. The zero-order valence-corrected chi connectivity index (χ0v) is 17.4. The number of hydrogen-bond donors (Lipinski definition) is 1. The van der Waals surface area contributed by atoms with E-state index in [4.69, 9.17) is 13.9 Å². The van der Waals surface area contributed by atoms with Crippen LogP contribution in [0.3, 0.4) is 0 Å². The molecule has 1 N–H and O–H groups in total. The fourth-order valence-electron chi connectivity index (χ4n) is 4.24. The predicted octanol–water partition coefficient (Wildman–Crippen LogP) is 3.85. The van der Waals surface area contributed by atoms with E-state index in [1.165, 1.54) is 11.2 Å². The summed E-state index contributed by atoms with van der Waals surface area (Å²) >= 11 is 0. The van der Waals surface area contributed by atoms with Gasteiger partial charge in [0.1, 0.15) is 6.04 Å². The van der Waals surface area contributed by atoms with Crippen LogP contribution in [0.5, 0.6) is 11.5 Å². The molecule has 0 unspecified atom stereocenters. The van der Waals surface area contributed by atoms with Crippen LogP contribution in [-0.2, 0) is 4.79 Å². The summed E-state index contributed by atoms with van der Waals surface area (Å²) in [7, 11) is 0. The van der Waals surface area contributed by atoms with Crippen molar-refractivity contribution < 1.29 is 23.5 Å². The lowest BCUT2D eigenvalue weighted by atomic mass is 10.0. The number of fused-ring (bicyclic) bond motifs is 1. The number of nitrogens with zero attached hydrogens (tertiary/aromatic N) is 2. The molecule has 8 heteroatoms. The molecule has 5 rings (SSSR count). The zero-order valence-electron chi connectivity index (χ0n) is 17.4. The number of furan rings is 1. The number of aromatic nitrogens is 1. The fourth-order valence-corrected chi connectivity index (χ4v) is 4.24. The number of ether oxygens (including phenoxy) is 2. The minimum absolute atomic E-state index is 0.0963. The smallest absolute Gasteiger partial charge is 0.294 e. The first-order valence-electron chi connectivity index (χ1n) is 10.7. The molecule has 1 fully saturated rings. The SMILES string of the molecule is O=C(NC1CCCC1)[C@@H](c1cccnc1)N(C(=O)c1ccco1)c1ccc2c(c1)OCO2. The van der Waals surface area contributed by atoms with Crippen molar-refractivity contribution in [2.24, 2.45) is 0 Å². The Morgan fingerprint density at radius 3 is 2.66 bits per heavy atom. The monoisotopic (exact) mass is 433 g/mol. The third kappa shape index (κ3) is 3.91. The van der Waals surface area contributed by atoms with Crippen molar-refractivity contribution in [1.82, 2.24) is 10.3 Å². The number of anilines is 1. The second kappa shape index (κ2) is 8.74. The van der Waals surface area contributed by atoms with Crippen molar-refractivity contribution in [1.29, 1.82) is 0 Å². The minimum Gasteiger partial charge on any atom is -0.459 e. The predicted molar refractivity (Wildman–Crippen MR) is 115 cm³/mol. The van der Waals surface area contributed by atoms with Gasteiger partial charge in [-0.15, -0.1) is 0 Å². The van der Waals surface area contributed by atoms with Crippen LogP contribution in [0.25, 0.3) is 0 Å². The Morgan fingerprint density at radius 1 is 1.06 bits per heavy atom. The van der Waals surface area contributed by atoms with E-state index < -0.39 is 11.9 Å². The zero-order chi connectivity index (χ0) is 21.9. The third-order valence-electron chi connectivity index (χ3n) is 5.79. The standard InChI is InChI=1S/C24H23N3O5/c28-23(26-17-6-1-2-7-17)22(16-5-3-11-25-14-16)27(24(29)20-8-4-12-30-20)18-9-10-19-21(13-18)32-15-31-19/h3-5,8-14,17,22H,1-2,6-7,15H2,(H,26,28)/t22-/m1/s1. The molecule has 164 valence electrons. The summed E-state index contributed by atoms with van der Waals surface area (Å²) in [6, 6.07) is 11.1. The van der Waals surface area contributed by atoms with E-state index in [1.54, 1.807) is 54.9 Å². The van der Waals surface area contributed by atoms with Crippen LogP contribution in [0, 0.1) is 0 Å². The normalized spacial score (nSPS) is 16.0. The van der Waals surface area contributed by atoms with E-state index >= 15 is 0 Å². The quantitative estimate of drug-likeness (QED) is 0.635. The highest BCUT2D eigenvalue weighted by molar-refractivity contribution is 6.08. The molecule has 0 saturated heterocycles. The molecule has 2 aromatic heterocycles. The molecule has 3 heterocycles. The van der Waals surface area contributed by atoms with Crippen molar-refractivity contribution >= 4 is 17.5 Å². The largest absolute Gasteiger partial charge is 0.459 e. The highest BCUT2D eigenvalue weighted by Crippen LogP contribution is 2.38. The molecule has 0 bridgehead atoms. The van der Waals surface area contributed by atoms with Crippen molar-refractivity contribution in [2.75, 3.05) is 11.7 Å². The molecule has 1 aliphatic carbocycles. The van der Waals surface area contributed by atoms with Gasteiger partial charge in [0.05, 0.1) is 6.26 Å². The number of pyridine rings is 1. The summed E-state index contributed by atoms with van der Waals surface area (Å²) in [6.07, 6.45) is 8.70. The van der Waals surface area contributed by atoms with E-state index in [9.17, 15) is 9.59 Å². The maximum absolute atomic E-state index is 13.6. The number of amides is 2. The fraction of sp³-hybridized carbons (Fsp3) is 0.292. The molecule has 3 aromatic rings. The average Bonchev–Trinajstić information content (AvgIpc) is 3.60. The van der Waals surface area contributed by atoms with Crippen LogP contribution in [0.4, 0.5) is 5.69 Å². The van der Waals surface area contributed by atoms with Gasteiger partial charge in [-0.25, -0.2) is 0 Å². The van der Waals surface area contributed by atoms with Gasteiger partial charge in [-0.1, -0.05) is 18.9 Å². The number of carbonyl (C=O) groups is 2. The molecule has 2 amide bonds. The van der Waals surface area contributed by atoms with Gasteiger partial charge < -0.3 is 19.2 Å². The van der Waals surface area contributed by atoms with Crippen LogP contribution < -0.4 is 19.7 Å². The Balaban J connectivity index is 1.59. The third-order valence-corrected chi connectivity index (χ3v) is 5.79. The van der Waals surface area contributed by atoms with Crippen LogP contribution in [0.15, 0.2) is 65.5 Å². The molecule has 0 spiro atoms. The lowest BCUT2D eigenvalue weighted by Crippen LogP contribution is -2.46. The average molecular weight is 433 g/mol. The van der Waals surface area contributed by atoms with Crippen LogP contribution in [-0.4, -0.2) is 29.6 Å². The summed E-state index contributed by atoms with van der Waals surface area (Å²) in [4.78, 5) is 32.8. The van der Waals surface area contributed by atoms with Crippen LogP contribution in [0.2, 0.25) is 0 Å². The van der Waals surface area contributed by atoms with Gasteiger partial charge in [-0.2, -0.15) is 0 Å². The van der Waals surface area contributed by atoms with E-state index in [2.05, 4.69) is 10.3 Å². The first-order valence-corrected chi connectivity index (χ1v) is 10.7. The van der Waals surface area contributed by atoms with Gasteiger partial charge in [0.25, 0.3) is 5.91 Å². The molecule has 8 nitrogen and oxygen atoms in total. The molecule has 1 aliphatic heterocycles. The number of benzene rings is 1. The molecule has 32 heavy (non-hydrogen) atoms. The molecular weight excluding hydrogens is 410 g/mol. The molecule has 1 saturated carbocycles. The molecule has 0 radical (unpaired) electrons. The lowest BCUT2D eigenvalue weighted by molar-refractivity contribution is -0.123. The Kier molecular flexibility index (Phi) is 5.49. The second-order valence-corrected chi connectivity index (χ2v) is 7.87. The number of nitrogens with one attached hydrogen (secondary N) is 1. The van der Waals surface area contributed by atoms with Crippen molar-refractivity contribution in [3.63, 3.8) is 0 Å². The molecule has 1 atom stereocenters. The van der Waals surface area contributed by atoms with Crippen molar-refractivity contribution in [2.45, 2.75) is 37.8 Å². The van der Waals surface area contributed by atoms with Gasteiger partial charge in [0.2, 0.25) is 12.7 Å². The molecule has 2 aliphatic rings. The topological polar surface area (TPSA) is 93.9 Å². The summed E-state index contributed by atoms with van der Waals surface area (Å²) in [5, 5.41) is 3.13. The lowest BCUT2D eigenvalue weighted by Gasteiger charge is -2.31. The Bertz CT molecular complexity index is 1090. The second-order valence-electron chi connectivity index (χ2n) is 7.87. The van der Waals surface area contributed by atoms with Crippen LogP contribution >= 0.6 is 0 Å². The minimum atomic E-state index is -0.942. The number of hydrogen-bond acceptors (Lipinski definition) is 6. The Morgan fingerprint density at radius 2 is 1.91 bits per heavy atom. The maximum Gasteiger partial charge on any atom is 0.294 e. The number of carbonyl (C=O) groups excluding carboxylic acids is 2. The van der Waals surface area contributed by atoms with Crippen molar-refractivity contribution in [3.8, 4) is 11.5 Å².